The summed E-state index contributed by atoms with van der Waals surface area (Å²) in [6, 6.07) is -0.0440. The van der Waals surface area contributed by atoms with Crippen molar-refractivity contribution in [1.82, 2.24) is 9.80 Å². The van der Waals surface area contributed by atoms with Crippen molar-refractivity contribution in [3.05, 3.63) is 12.7 Å². The van der Waals surface area contributed by atoms with Crippen molar-refractivity contribution < 1.29 is 4.79 Å². The Balaban J connectivity index is 2.71. The van der Waals surface area contributed by atoms with Crippen molar-refractivity contribution in [3.63, 3.8) is 0 Å². The summed E-state index contributed by atoms with van der Waals surface area (Å²) in [7, 11) is 2.00. The van der Waals surface area contributed by atoms with Gasteiger partial charge in [-0.25, -0.2) is 0 Å². The number of amides is 1. The van der Waals surface area contributed by atoms with E-state index in [1.165, 1.54) is 0 Å². The van der Waals surface area contributed by atoms with E-state index in [0.717, 1.165) is 25.9 Å². The van der Waals surface area contributed by atoms with Gasteiger partial charge in [0.15, 0.2) is 0 Å². The minimum atomic E-state index is -0.0440. The zero-order valence-electron chi connectivity index (χ0n) is 9.48. The summed E-state index contributed by atoms with van der Waals surface area (Å²) in [5.74, 6) is 0.195. The van der Waals surface area contributed by atoms with Gasteiger partial charge in [-0.1, -0.05) is 6.08 Å². The maximum absolute atomic E-state index is 12.1. The van der Waals surface area contributed by atoms with Gasteiger partial charge < -0.3 is 10.6 Å². The zero-order valence-corrected chi connectivity index (χ0v) is 9.48. The number of likely N-dealkylation sites (N-methyl/N-ethyl adjacent to an activating group) is 1. The highest BCUT2D eigenvalue weighted by Gasteiger charge is 2.28. The van der Waals surface area contributed by atoms with Gasteiger partial charge in [0.2, 0.25) is 5.91 Å². The smallest absolute Gasteiger partial charge is 0.240 e. The molecule has 0 spiro atoms. The maximum Gasteiger partial charge on any atom is 0.240 e. The lowest BCUT2D eigenvalue weighted by Crippen LogP contribution is -2.45. The Bertz CT molecular complexity index is 230. The molecule has 0 radical (unpaired) electrons. The number of carbonyl (C=O) groups is 1. The van der Waals surface area contributed by atoms with Gasteiger partial charge in [0.25, 0.3) is 0 Å². The summed E-state index contributed by atoms with van der Waals surface area (Å²) >= 11 is 0. The van der Waals surface area contributed by atoms with E-state index < -0.39 is 0 Å². The summed E-state index contributed by atoms with van der Waals surface area (Å²) < 4.78 is 0. The van der Waals surface area contributed by atoms with Gasteiger partial charge in [0.05, 0.1) is 6.04 Å². The average molecular weight is 211 g/mol. The Morgan fingerprint density at radius 1 is 1.60 bits per heavy atom. The van der Waals surface area contributed by atoms with Gasteiger partial charge in [-0.3, -0.25) is 9.69 Å². The van der Waals surface area contributed by atoms with Gasteiger partial charge in [0.1, 0.15) is 0 Å². The van der Waals surface area contributed by atoms with Crippen LogP contribution in [0.5, 0.6) is 0 Å². The SMILES string of the molecule is C=CCN1CCCN(C)C(CCN)C1=O. The number of nitrogens with zero attached hydrogens (tertiary/aromatic N) is 2. The third-order valence-electron chi connectivity index (χ3n) is 2.86. The molecule has 0 aromatic carbocycles. The number of hydrogen-bond donors (Lipinski definition) is 1. The second-order valence-corrected chi connectivity index (χ2v) is 4.00. The topological polar surface area (TPSA) is 49.6 Å². The Hall–Kier alpha value is -0.870. The lowest BCUT2D eigenvalue weighted by Gasteiger charge is -2.27. The molecular formula is C11H21N3O. The van der Waals surface area contributed by atoms with Crippen molar-refractivity contribution in [2.24, 2.45) is 5.73 Å². The van der Waals surface area contributed by atoms with Crippen LogP contribution in [-0.2, 0) is 4.79 Å². The molecule has 1 heterocycles. The summed E-state index contributed by atoms with van der Waals surface area (Å²) in [6.07, 6.45) is 3.54. The van der Waals surface area contributed by atoms with E-state index in [1.807, 2.05) is 11.9 Å². The van der Waals surface area contributed by atoms with Crippen LogP contribution in [0.3, 0.4) is 0 Å². The van der Waals surface area contributed by atoms with Crippen LogP contribution in [0.2, 0.25) is 0 Å². The van der Waals surface area contributed by atoms with Gasteiger partial charge >= 0.3 is 0 Å². The van der Waals surface area contributed by atoms with Crippen molar-refractivity contribution >= 4 is 5.91 Å². The zero-order chi connectivity index (χ0) is 11.3. The number of hydrogen-bond acceptors (Lipinski definition) is 3. The minimum absolute atomic E-state index is 0.0440. The van der Waals surface area contributed by atoms with Gasteiger partial charge in [-0.2, -0.15) is 0 Å². The molecule has 0 bridgehead atoms. The van der Waals surface area contributed by atoms with Crippen LogP contribution in [0.1, 0.15) is 12.8 Å². The Labute approximate surface area is 91.7 Å². The van der Waals surface area contributed by atoms with E-state index in [2.05, 4.69) is 11.5 Å². The van der Waals surface area contributed by atoms with Crippen LogP contribution < -0.4 is 5.73 Å². The van der Waals surface area contributed by atoms with Crippen molar-refractivity contribution in [3.8, 4) is 0 Å². The highest BCUT2D eigenvalue weighted by Crippen LogP contribution is 2.12. The molecule has 15 heavy (non-hydrogen) atoms. The van der Waals surface area contributed by atoms with Crippen LogP contribution in [0, 0.1) is 0 Å². The highest BCUT2D eigenvalue weighted by molar-refractivity contribution is 5.82. The molecule has 1 atom stereocenters. The molecule has 4 nitrogen and oxygen atoms in total. The quantitative estimate of drug-likeness (QED) is 0.669. The Kier molecular flexibility index (Phi) is 4.78. The summed E-state index contributed by atoms with van der Waals surface area (Å²) in [4.78, 5) is 16.1. The molecule has 4 heteroatoms. The number of nitrogens with two attached hydrogens (primary N) is 1. The molecule has 86 valence electrons. The monoisotopic (exact) mass is 211 g/mol. The molecule has 1 fully saturated rings. The van der Waals surface area contributed by atoms with Crippen LogP contribution >= 0.6 is 0 Å². The molecule has 1 amide bonds. The molecule has 1 aliphatic rings. The van der Waals surface area contributed by atoms with Crippen molar-refractivity contribution in [2.45, 2.75) is 18.9 Å². The molecule has 1 saturated heterocycles. The lowest BCUT2D eigenvalue weighted by atomic mass is 10.1. The normalized spacial score (nSPS) is 24.0. The van der Waals surface area contributed by atoms with Crippen molar-refractivity contribution in [1.29, 1.82) is 0 Å². The summed E-state index contributed by atoms with van der Waals surface area (Å²) in [6.45, 7) is 6.67. The first-order valence-corrected chi connectivity index (χ1v) is 5.50. The van der Waals surface area contributed by atoms with Gasteiger partial charge in [-0.15, -0.1) is 6.58 Å². The molecular weight excluding hydrogens is 190 g/mol. The maximum atomic E-state index is 12.1. The van der Waals surface area contributed by atoms with Crippen LogP contribution in [-0.4, -0.2) is 55.0 Å². The molecule has 0 saturated carbocycles. The first kappa shape index (κ1) is 12.2. The fourth-order valence-corrected chi connectivity index (χ4v) is 2.02. The molecule has 0 aromatic rings. The van der Waals surface area contributed by atoms with E-state index in [-0.39, 0.29) is 11.9 Å². The van der Waals surface area contributed by atoms with Crippen molar-refractivity contribution in [2.75, 3.05) is 33.2 Å². The first-order valence-electron chi connectivity index (χ1n) is 5.50. The summed E-state index contributed by atoms with van der Waals surface area (Å²) in [5.41, 5.74) is 5.54. The van der Waals surface area contributed by atoms with Gasteiger partial charge in [0, 0.05) is 19.6 Å². The Morgan fingerprint density at radius 2 is 2.33 bits per heavy atom. The molecule has 1 unspecified atom stereocenters. The molecule has 2 N–H and O–H groups in total. The lowest BCUT2D eigenvalue weighted by molar-refractivity contribution is -0.134. The molecule has 1 aliphatic heterocycles. The first-order chi connectivity index (χ1) is 7.20. The fraction of sp³-hybridized carbons (Fsp3) is 0.727. The standard InChI is InChI=1S/C11H21N3O/c1-3-7-14-9-4-8-13(2)10(5-6-12)11(14)15/h3,10H,1,4-9,12H2,2H3. The highest BCUT2D eigenvalue weighted by atomic mass is 16.2. The van der Waals surface area contributed by atoms with Gasteiger partial charge in [-0.05, 0) is 26.4 Å². The van der Waals surface area contributed by atoms with E-state index in [0.29, 0.717) is 13.1 Å². The van der Waals surface area contributed by atoms with Crippen LogP contribution in [0.25, 0.3) is 0 Å². The van der Waals surface area contributed by atoms with E-state index in [4.69, 9.17) is 5.73 Å². The second kappa shape index (κ2) is 5.88. The number of carbonyl (C=O) groups excluding carboxylic acids is 1. The third-order valence-corrected chi connectivity index (χ3v) is 2.86. The molecule has 0 aliphatic carbocycles. The molecule has 1 rings (SSSR count). The summed E-state index contributed by atoms with van der Waals surface area (Å²) in [5, 5.41) is 0. The fourth-order valence-electron chi connectivity index (χ4n) is 2.02. The van der Waals surface area contributed by atoms with E-state index in [9.17, 15) is 4.79 Å². The number of rotatable bonds is 4. The second-order valence-electron chi connectivity index (χ2n) is 4.00. The average Bonchev–Trinajstić information content (AvgIpc) is 2.34. The van der Waals surface area contributed by atoms with Crippen LogP contribution in [0.15, 0.2) is 12.7 Å². The van der Waals surface area contributed by atoms with E-state index in [1.54, 1.807) is 6.08 Å². The predicted molar refractivity (Wildman–Crippen MR) is 61.5 cm³/mol. The predicted octanol–water partition coefficient (Wildman–Crippen LogP) is 0.0539. The largest absolute Gasteiger partial charge is 0.338 e. The third kappa shape index (κ3) is 3.04. The van der Waals surface area contributed by atoms with E-state index >= 15 is 0 Å². The minimum Gasteiger partial charge on any atom is -0.338 e. The van der Waals surface area contributed by atoms with Crippen LogP contribution in [0.4, 0.5) is 0 Å². The Morgan fingerprint density at radius 3 is 2.93 bits per heavy atom. The molecule has 0 aromatic heterocycles.